The van der Waals surface area contributed by atoms with Gasteiger partial charge in [-0.3, -0.25) is 19.3 Å². The number of ether oxygens (including phenoxy) is 1. The minimum absolute atomic E-state index is 0.0203. The first-order valence-electron chi connectivity index (χ1n) is 14.1. The molecular weight excluding hydrogens is 532 g/mol. The van der Waals surface area contributed by atoms with E-state index in [1.54, 1.807) is 30.1 Å². The fourth-order valence-electron chi connectivity index (χ4n) is 5.57. The fourth-order valence-corrected chi connectivity index (χ4v) is 7.35. The van der Waals surface area contributed by atoms with Crippen LogP contribution in [-0.4, -0.2) is 99.4 Å². The Hall–Kier alpha value is -2.92. The van der Waals surface area contributed by atoms with Crippen molar-refractivity contribution in [3.05, 3.63) is 42.0 Å². The molecule has 0 aliphatic carbocycles. The molecule has 40 heavy (non-hydrogen) atoms. The van der Waals surface area contributed by atoms with Gasteiger partial charge < -0.3 is 20.3 Å². The molecule has 220 valence electrons. The van der Waals surface area contributed by atoms with E-state index < -0.39 is 15.3 Å². The Kier molecular flexibility index (Phi) is 9.56. The van der Waals surface area contributed by atoms with Crippen LogP contribution in [0.2, 0.25) is 0 Å². The molecule has 1 spiro atoms. The van der Waals surface area contributed by atoms with Crippen molar-refractivity contribution in [3.63, 3.8) is 0 Å². The van der Waals surface area contributed by atoms with E-state index in [4.69, 9.17) is 4.74 Å². The van der Waals surface area contributed by atoms with Gasteiger partial charge in [-0.2, -0.15) is 0 Å². The van der Waals surface area contributed by atoms with Crippen LogP contribution >= 0.6 is 0 Å². The number of fused-ring (bicyclic) bond motifs is 1. The molecule has 4 rings (SSSR count). The number of sulfone groups is 1. The first-order chi connectivity index (χ1) is 19.0. The van der Waals surface area contributed by atoms with Crippen LogP contribution < -0.4 is 15.4 Å². The molecule has 2 fully saturated rings. The standard InChI is InChI=1S/C29H42N4O6S/c1-21(2)24-19-39-25-9-5-4-8-23(25)27(35)30-14-7-6-11-29(28(36)31-24)12-15-33(16-13-29)18-26(34)32(3)22-10-17-40(37,38)20-22/h4-9,21-22,24H,10-20H2,1-3H3,(H,30,35)(H,31,36)/b7-6+/t22?,24-/m0/s1. The summed E-state index contributed by atoms with van der Waals surface area (Å²) in [5, 5.41) is 6.14. The average Bonchev–Trinajstić information content (AvgIpc) is 3.30. The summed E-state index contributed by atoms with van der Waals surface area (Å²) < 4.78 is 29.8. The minimum atomic E-state index is -3.07. The zero-order valence-electron chi connectivity index (χ0n) is 23.7. The maximum Gasteiger partial charge on any atom is 0.255 e. The smallest absolute Gasteiger partial charge is 0.255 e. The van der Waals surface area contributed by atoms with E-state index in [1.165, 1.54) is 0 Å². The summed E-state index contributed by atoms with van der Waals surface area (Å²) in [5.41, 5.74) is -0.180. The second-order valence-corrected chi connectivity index (χ2v) is 13.9. The summed E-state index contributed by atoms with van der Waals surface area (Å²) in [5.74, 6) is 0.414. The molecule has 1 aromatic rings. The molecule has 0 radical (unpaired) electrons. The van der Waals surface area contributed by atoms with Gasteiger partial charge in [0.1, 0.15) is 12.4 Å². The van der Waals surface area contributed by atoms with Gasteiger partial charge in [0.05, 0.1) is 35.1 Å². The number of benzene rings is 1. The van der Waals surface area contributed by atoms with Crippen LogP contribution in [0.15, 0.2) is 36.4 Å². The maximum atomic E-state index is 13.8. The van der Waals surface area contributed by atoms with Crippen LogP contribution in [0.25, 0.3) is 0 Å². The van der Waals surface area contributed by atoms with Gasteiger partial charge >= 0.3 is 0 Å². The number of amides is 3. The molecule has 0 saturated carbocycles. The maximum absolute atomic E-state index is 13.8. The Morgan fingerprint density at radius 3 is 2.58 bits per heavy atom. The number of hydrogen-bond donors (Lipinski definition) is 2. The number of likely N-dealkylation sites (tertiary alicyclic amines) is 1. The lowest BCUT2D eigenvalue weighted by Gasteiger charge is -2.41. The van der Waals surface area contributed by atoms with Gasteiger partial charge in [-0.25, -0.2) is 8.42 Å². The summed E-state index contributed by atoms with van der Waals surface area (Å²) >= 11 is 0. The first kappa shape index (κ1) is 30.0. The largest absolute Gasteiger partial charge is 0.491 e. The monoisotopic (exact) mass is 574 g/mol. The van der Waals surface area contributed by atoms with E-state index >= 15 is 0 Å². The van der Waals surface area contributed by atoms with Gasteiger partial charge in [0.15, 0.2) is 9.84 Å². The number of carbonyl (C=O) groups is 3. The third kappa shape index (κ3) is 7.23. The van der Waals surface area contributed by atoms with Gasteiger partial charge in [-0.05, 0) is 56.8 Å². The highest BCUT2D eigenvalue weighted by molar-refractivity contribution is 7.91. The Morgan fingerprint density at radius 1 is 1.18 bits per heavy atom. The molecule has 3 heterocycles. The van der Waals surface area contributed by atoms with Crippen molar-refractivity contribution in [2.24, 2.45) is 11.3 Å². The molecule has 10 nitrogen and oxygen atoms in total. The van der Waals surface area contributed by atoms with Gasteiger partial charge in [0, 0.05) is 19.6 Å². The number of allylic oxidation sites excluding steroid dienone is 1. The van der Waals surface area contributed by atoms with E-state index in [0.29, 0.717) is 56.6 Å². The fraction of sp³-hybridized carbons (Fsp3) is 0.621. The summed E-state index contributed by atoms with van der Waals surface area (Å²) in [7, 11) is -1.39. The number of nitrogens with one attached hydrogen (secondary N) is 2. The Labute approximate surface area is 237 Å². The van der Waals surface area contributed by atoms with Crippen LogP contribution in [0, 0.1) is 11.3 Å². The number of likely N-dealkylation sites (N-methyl/N-ethyl adjacent to an activating group) is 1. The van der Waals surface area contributed by atoms with Crippen LogP contribution in [0.5, 0.6) is 5.75 Å². The number of rotatable bonds is 4. The van der Waals surface area contributed by atoms with E-state index in [9.17, 15) is 22.8 Å². The van der Waals surface area contributed by atoms with Crippen LogP contribution in [-0.2, 0) is 19.4 Å². The molecule has 2 atom stereocenters. The SMILES string of the molecule is CC(C)[C@@H]1COc2ccccc2C(=O)NC/C=C/CC2(CCN(CC(=O)N(C)C3CCS(=O)(=O)C3)CC2)C(=O)N1. The van der Waals surface area contributed by atoms with Gasteiger partial charge in [0.2, 0.25) is 11.8 Å². The second kappa shape index (κ2) is 12.7. The number of hydrogen-bond acceptors (Lipinski definition) is 7. The minimum Gasteiger partial charge on any atom is -0.491 e. The number of piperidine rings is 1. The topological polar surface area (TPSA) is 125 Å². The van der Waals surface area contributed by atoms with Crippen molar-refractivity contribution in [1.29, 1.82) is 0 Å². The molecule has 2 saturated heterocycles. The summed E-state index contributed by atoms with van der Waals surface area (Å²) in [6.45, 7) is 6.00. The Bertz CT molecular complexity index is 1220. The summed E-state index contributed by atoms with van der Waals surface area (Å²) in [4.78, 5) is 43.2. The molecule has 0 bridgehead atoms. The Morgan fingerprint density at radius 2 is 1.90 bits per heavy atom. The molecule has 0 aromatic heterocycles. The molecule has 1 aromatic carbocycles. The lowest BCUT2D eigenvalue weighted by molar-refractivity contribution is -0.137. The summed E-state index contributed by atoms with van der Waals surface area (Å²) in [6.07, 6.45) is 6.01. The summed E-state index contributed by atoms with van der Waals surface area (Å²) in [6, 6.07) is 6.58. The lowest BCUT2D eigenvalue weighted by Crippen LogP contribution is -2.54. The Balaban J connectivity index is 1.44. The van der Waals surface area contributed by atoms with Crippen molar-refractivity contribution >= 4 is 27.6 Å². The van der Waals surface area contributed by atoms with E-state index in [0.717, 1.165) is 0 Å². The van der Waals surface area contributed by atoms with Crippen molar-refractivity contribution < 1.29 is 27.5 Å². The van der Waals surface area contributed by atoms with Crippen LogP contribution in [0.1, 0.15) is 49.9 Å². The number of para-hydroxylation sites is 1. The zero-order valence-corrected chi connectivity index (χ0v) is 24.5. The van der Waals surface area contributed by atoms with Crippen molar-refractivity contribution in [1.82, 2.24) is 20.4 Å². The lowest BCUT2D eigenvalue weighted by atomic mass is 9.74. The zero-order chi connectivity index (χ0) is 28.9. The third-order valence-corrected chi connectivity index (χ3v) is 10.3. The molecule has 11 heteroatoms. The van der Waals surface area contributed by atoms with Crippen molar-refractivity contribution in [2.45, 2.75) is 51.6 Å². The second-order valence-electron chi connectivity index (χ2n) is 11.6. The predicted molar refractivity (Wildman–Crippen MR) is 153 cm³/mol. The van der Waals surface area contributed by atoms with Gasteiger partial charge in [-0.1, -0.05) is 38.1 Å². The number of nitrogens with zero attached hydrogens (tertiary/aromatic N) is 2. The van der Waals surface area contributed by atoms with Gasteiger partial charge in [-0.15, -0.1) is 0 Å². The highest BCUT2D eigenvalue weighted by atomic mass is 32.2. The molecule has 3 amide bonds. The highest BCUT2D eigenvalue weighted by Gasteiger charge is 2.42. The van der Waals surface area contributed by atoms with E-state index in [-0.39, 0.29) is 60.4 Å². The van der Waals surface area contributed by atoms with Gasteiger partial charge in [0.25, 0.3) is 5.91 Å². The van der Waals surface area contributed by atoms with E-state index in [2.05, 4.69) is 15.5 Å². The first-order valence-corrected chi connectivity index (χ1v) is 16.0. The molecular formula is C29H42N4O6S. The van der Waals surface area contributed by atoms with Crippen LogP contribution in [0.4, 0.5) is 0 Å². The van der Waals surface area contributed by atoms with Crippen molar-refractivity contribution in [2.75, 3.05) is 51.3 Å². The molecule has 3 aliphatic rings. The molecule has 2 N–H and O–H groups in total. The highest BCUT2D eigenvalue weighted by Crippen LogP contribution is 2.36. The van der Waals surface area contributed by atoms with E-state index in [1.807, 2.05) is 32.1 Å². The molecule has 3 aliphatic heterocycles. The number of carbonyl (C=O) groups excluding carboxylic acids is 3. The normalized spacial score (nSPS) is 26.2. The van der Waals surface area contributed by atoms with Crippen LogP contribution in [0.3, 0.4) is 0 Å². The van der Waals surface area contributed by atoms with Crippen molar-refractivity contribution in [3.8, 4) is 5.75 Å². The third-order valence-electron chi connectivity index (χ3n) is 8.53. The predicted octanol–water partition coefficient (Wildman–Crippen LogP) is 1.62. The molecule has 1 unspecified atom stereocenters. The quantitative estimate of drug-likeness (QED) is 0.524. The average molecular weight is 575 g/mol.